The molecule has 1 heterocycles. The Morgan fingerprint density at radius 3 is 2.47 bits per heavy atom. The molecule has 0 aromatic carbocycles. The quantitative estimate of drug-likeness (QED) is 0.726. The van der Waals surface area contributed by atoms with Crippen LogP contribution in [0.1, 0.15) is 34.1 Å². The summed E-state index contributed by atoms with van der Waals surface area (Å²) in [6.45, 7) is 7.53. The van der Waals surface area contributed by atoms with Crippen LogP contribution in [0.25, 0.3) is 0 Å². The summed E-state index contributed by atoms with van der Waals surface area (Å²) in [7, 11) is -3.59. The monoisotopic (exact) mass is 291 g/mol. The topological polar surface area (TPSA) is 72.9 Å². The van der Waals surface area contributed by atoms with Gasteiger partial charge in [-0.15, -0.1) is 0 Å². The highest BCUT2D eigenvalue weighted by Crippen LogP contribution is 2.22. The third-order valence-corrected chi connectivity index (χ3v) is 2.97. The molecule has 1 atom stereocenters. The molecule has 0 N–H and O–H groups in total. The maximum atomic E-state index is 12.0. The van der Waals surface area contributed by atoms with Gasteiger partial charge in [-0.05, 0) is 40.2 Å². The van der Waals surface area contributed by atoms with Gasteiger partial charge in [0.05, 0.1) is 12.3 Å². The third kappa shape index (κ3) is 5.10. The van der Waals surface area contributed by atoms with Crippen molar-refractivity contribution in [2.75, 3.05) is 12.8 Å². The van der Waals surface area contributed by atoms with Crippen LogP contribution in [0.3, 0.4) is 0 Å². The largest absolute Gasteiger partial charge is 0.444 e. The van der Waals surface area contributed by atoms with Gasteiger partial charge >= 0.3 is 16.2 Å². The van der Waals surface area contributed by atoms with Crippen molar-refractivity contribution < 1.29 is 22.1 Å². The van der Waals surface area contributed by atoms with E-state index in [2.05, 4.69) is 0 Å². The van der Waals surface area contributed by atoms with Crippen LogP contribution >= 0.6 is 0 Å². The van der Waals surface area contributed by atoms with Crippen molar-refractivity contribution in [3.05, 3.63) is 11.8 Å². The molecule has 0 radical (unpaired) electrons. The summed E-state index contributed by atoms with van der Waals surface area (Å²) in [4.78, 5) is 13.5. The van der Waals surface area contributed by atoms with Crippen molar-refractivity contribution in [1.82, 2.24) is 4.90 Å². The van der Waals surface area contributed by atoms with Crippen molar-refractivity contribution in [3.63, 3.8) is 0 Å². The van der Waals surface area contributed by atoms with Crippen molar-refractivity contribution in [3.8, 4) is 0 Å². The van der Waals surface area contributed by atoms with E-state index in [1.54, 1.807) is 33.8 Å². The molecule has 0 fully saturated rings. The Morgan fingerprint density at radius 1 is 1.42 bits per heavy atom. The van der Waals surface area contributed by atoms with Crippen molar-refractivity contribution in [2.45, 2.75) is 45.8 Å². The Kier molecular flexibility index (Phi) is 4.50. The number of rotatable bonds is 2. The first kappa shape index (κ1) is 15.8. The molecule has 1 unspecified atom stereocenters. The van der Waals surface area contributed by atoms with Gasteiger partial charge in [0.25, 0.3) is 0 Å². The summed E-state index contributed by atoms with van der Waals surface area (Å²) in [6, 6.07) is -0.460. The number of carbonyl (C=O) groups excluding carboxylic acids is 1. The predicted octanol–water partition coefficient (Wildman–Crippen LogP) is 1.88. The molecule has 1 rings (SSSR count). The Hall–Kier alpha value is -1.24. The van der Waals surface area contributed by atoms with Crippen LogP contribution in [-0.2, 0) is 19.0 Å². The molecule has 0 aromatic rings. The molecule has 0 aliphatic carbocycles. The number of ether oxygens (including phenoxy) is 1. The highest BCUT2D eigenvalue weighted by molar-refractivity contribution is 7.86. The second-order valence-electron chi connectivity index (χ2n) is 5.53. The second-order valence-corrected chi connectivity index (χ2v) is 7.11. The lowest BCUT2D eigenvalue weighted by Crippen LogP contribution is -2.45. The summed E-state index contributed by atoms with van der Waals surface area (Å²) in [5, 5.41) is 0. The lowest BCUT2D eigenvalue weighted by Gasteiger charge is -2.34. The number of carbonyl (C=O) groups is 1. The summed E-state index contributed by atoms with van der Waals surface area (Å²) in [5.74, 6) is 0.264. The van der Waals surface area contributed by atoms with E-state index < -0.39 is 27.9 Å². The molecule has 1 aliphatic rings. The SMILES string of the molecule is CC1C(OS(C)(=O)=O)=CCCN1C(=O)OC(C)(C)C. The van der Waals surface area contributed by atoms with Gasteiger partial charge in [0.15, 0.2) is 0 Å². The van der Waals surface area contributed by atoms with Crippen LogP contribution in [0.15, 0.2) is 11.8 Å². The van der Waals surface area contributed by atoms with Crippen molar-refractivity contribution in [2.24, 2.45) is 0 Å². The van der Waals surface area contributed by atoms with Crippen molar-refractivity contribution in [1.29, 1.82) is 0 Å². The number of hydrogen-bond acceptors (Lipinski definition) is 5. The fraction of sp³-hybridized carbons (Fsp3) is 0.750. The highest BCUT2D eigenvalue weighted by Gasteiger charge is 2.31. The summed E-state index contributed by atoms with van der Waals surface area (Å²) in [6.07, 6.45) is 2.73. The standard InChI is InChI=1S/C12H21NO5S/c1-9-10(18-19(5,15)16)7-6-8-13(9)11(14)17-12(2,3)4/h7,9H,6,8H2,1-5H3. The molecule has 6 nitrogen and oxygen atoms in total. The molecule has 1 aliphatic heterocycles. The Bertz CT molecular complexity index is 475. The van der Waals surface area contributed by atoms with Crippen LogP contribution in [0, 0.1) is 0 Å². The van der Waals surface area contributed by atoms with E-state index >= 15 is 0 Å². The zero-order valence-corrected chi connectivity index (χ0v) is 12.8. The van der Waals surface area contributed by atoms with Crippen LogP contribution in [0.5, 0.6) is 0 Å². The normalized spacial score (nSPS) is 20.8. The fourth-order valence-electron chi connectivity index (χ4n) is 1.71. The van der Waals surface area contributed by atoms with E-state index in [1.165, 1.54) is 4.90 Å². The van der Waals surface area contributed by atoms with Gasteiger partial charge in [-0.1, -0.05) is 0 Å². The lowest BCUT2D eigenvalue weighted by molar-refractivity contribution is 0.0165. The molecular weight excluding hydrogens is 270 g/mol. The fourth-order valence-corrected chi connectivity index (χ4v) is 2.27. The van der Waals surface area contributed by atoms with Gasteiger partial charge in [-0.3, -0.25) is 4.90 Å². The molecule has 0 saturated carbocycles. The van der Waals surface area contributed by atoms with E-state index in [9.17, 15) is 13.2 Å². The molecular formula is C12H21NO5S. The minimum Gasteiger partial charge on any atom is -0.444 e. The Labute approximate surface area is 114 Å². The minimum absolute atomic E-state index is 0.264. The van der Waals surface area contributed by atoms with Crippen LogP contribution in [-0.4, -0.2) is 43.9 Å². The smallest absolute Gasteiger partial charge is 0.410 e. The van der Waals surface area contributed by atoms with Gasteiger partial charge in [0, 0.05) is 6.54 Å². The number of nitrogens with zero attached hydrogens (tertiary/aromatic N) is 1. The predicted molar refractivity (Wildman–Crippen MR) is 71.0 cm³/mol. The van der Waals surface area contributed by atoms with Gasteiger partial charge < -0.3 is 8.92 Å². The average Bonchev–Trinajstić information content (AvgIpc) is 2.16. The van der Waals surface area contributed by atoms with Gasteiger partial charge in [-0.25, -0.2) is 4.79 Å². The number of hydrogen-bond donors (Lipinski definition) is 0. The average molecular weight is 291 g/mol. The second kappa shape index (κ2) is 5.40. The van der Waals surface area contributed by atoms with E-state index in [1.807, 2.05) is 0 Å². The first-order chi connectivity index (χ1) is 8.49. The molecule has 0 aromatic heterocycles. The third-order valence-electron chi connectivity index (χ3n) is 2.47. The minimum atomic E-state index is -3.59. The van der Waals surface area contributed by atoms with Gasteiger partial charge in [0.1, 0.15) is 11.4 Å². The maximum absolute atomic E-state index is 12.0. The van der Waals surface area contributed by atoms with E-state index in [0.29, 0.717) is 13.0 Å². The van der Waals surface area contributed by atoms with E-state index in [4.69, 9.17) is 8.92 Å². The zero-order chi connectivity index (χ0) is 14.8. The highest BCUT2D eigenvalue weighted by atomic mass is 32.2. The first-order valence-corrected chi connectivity index (χ1v) is 7.90. The van der Waals surface area contributed by atoms with Crippen LogP contribution < -0.4 is 0 Å². The molecule has 0 spiro atoms. The van der Waals surface area contributed by atoms with Gasteiger partial charge in [0.2, 0.25) is 0 Å². The van der Waals surface area contributed by atoms with Crippen LogP contribution in [0.2, 0.25) is 0 Å². The summed E-state index contributed by atoms with van der Waals surface area (Å²) < 4.78 is 32.5. The maximum Gasteiger partial charge on any atom is 0.410 e. The van der Waals surface area contributed by atoms with Crippen molar-refractivity contribution >= 4 is 16.2 Å². The first-order valence-electron chi connectivity index (χ1n) is 6.09. The van der Waals surface area contributed by atoms with E-state index in [-0.39, 0.29) is 5.76 Å². The summed E-state index contributed by atoms with van der Waals surface area (Å²) >= 11 is 0. The molecule has 19 heavy (non-hydrogen) atoms. The van der Waals surface area contributed by atoms with Crippen LogP contribution in [0.4, 0.5) is 4.79 Å². The zero-order valence-electron chi connectivity index (χ0n) is 12.0. The Morgan fingerprint density at radius 2 is 2.00 bits per heavy atom. The lowest BCUT2D eigenvalue weighted by atomic mass is 10.1. The molecule has 0 bridgehead atoms. The van der Waals surface area contributed by atoms with E-state index in [0.717, 1.165) is 6.26 Å². The molecule has 0 saturated heterocycles. The number of amides is 1. The molecule has 7 heteroatoms. The Balaban J connectivity index is 2.79. The molecule has 110 valence electrons. The molecule has 1 amide bonds. The van der Waals surface area contributed by atoms with Gasteiger partial charge in [-0.2, -0.15) is 8.42 Å². The summed E-state index contributed by atoms with van der Waals surface area (Å²) in [5.41, 5.74) is -0.587.